The van der Waals surface area contributed by atoms with E-state index in [4.69, 9.17) is 4.84 Å². The van der Waals surface area contributed by atoms with Crippen LogP contribution in [0, 0.1) is 0 Å². The number of benzene rings is 1. The van der Waals surface area contributed by atoms with Crippen molar-refractivity contribution in [3.8, 4) is 0 Å². The van der Waals surface area contributed by atoms with Gasteiger partial charge in [0.15, 0.2) is 0 Å². The molecular weight excluding hydrogens is 302 g/mol. The van der Waals surface area contributed by atoms with Crippen LogP contribution >= 0.6 is 0 Å². The van der Waals surface area contributed by atoms with Crippen molar-refractivity contribution in [2.45, 2.75) is 70.3 Å². The van der Waals surface area contributed by atoms with Gasteiger partial charge in [-0.05, 0) is 18.4 Å². The first-order valence-electron chi connectivity index (χ1n) is 9.43. The van der Waals surface area contributed by atoms with E-state index in [0.29, 0.717) is 19.6 Å². The van der Waals surface area contributed by atoms with Gasteiger partial charge in [0, 0.05) is 13.0 Å². The lowest BCUT2D eigenvalue weighted by molar-refractivity contribution is -0.200. The van der Waals surface area contributed by atoms with E-state index in [0.717, 1.165) is 24.8 Å². The molecule has 1 saturated heterocycles. The summed E-state index contributed by atoms with van der Waals surface area (Å²) in [5, 5.41) is 11.4. The van der Waals surface area contributed by atoms with Crippen LogP contribution in [0.5, 0.6) is 0 Å². The zero-order chi connectivity index (χ0) is 17.0. The monoisotopic (exact) mass is 333 g/mol. The molecule has 1 fully saturated rings. The van der Waals surface area contributed by atoms with E-state index >= 15 is 0 Å². The minimum atomic E-state index is -0.803. The Labute approximate surface area is 145 Å². The highest BCUT2D eigenvalue weighted by Crippen LogP contribution is 2.15. The van der Waals surface area contributed by atoms with Gasteiger partial charge in [0.25, 0.3) is 0 Å². The molecule has 134 valence electrons. The molecule has 1 aromatic rings. The summed E-state index contributed by atoms with van der Waals surface area (Å²) in [5.41, 5.74) is 1.04. The standard InChI is InChI=1S/C20H31NO3/c22-20(23)19(17-18-13-9-8-10-14-18)21-15-11-6-4-2-1-3-5-7-12-16-24-21/h8-10,13-14,19H,1-7,11-12,15-17H2,(H,22,23)/t19-/m0/s1. The molecule has 4 heteroatoms. The van der Waals surface area contributed by atoms with E-state index in [-0.39, 0.29) is 0 Å². The molecular formula is C20H31NO3. The molecule has 1 N–H and O–H groups in total. The molecule has 0 spiro atoms. The molecule has 1 atom stereocenters. The third-order valence-corrected chi connectivity index (χ3v) is 4.68. The maximum atomic E-state index is 11.8. The predicted octanol–water partition coefficient (Wildman–Crippen LogP) is 4.44. The molecule has 0 unspecified atom stereocenters. The van der Waals surface area contributed by atoms with E-state index in [9.17, 15) is 9.90 Å². The Bertz CT molecular complexity index is 449. The van der Waals surface area contributed by atoms with Crippen LogP contribution in [0.2, 0.25) is 0 Å². The van der Waals surface area contributed by atoms with Gasteiger partial charge in [-0.25, -0.2) is 0 Å². The van der Waals surface area contributed by atoms with E-state index < -0.39 is 12.0 Å². The van der Waals surface area contributed by atoms with Crippen molar-refractivity contribution in [2.75, 3.05) is 13.2 Å². The molecule has 1 aliphatic heterocycles. The van der Waals surface area contributed by atoms with Crippen LogP contribution < -0.4 is 0 Å². The molecule has 4 nitrogen and oxygen atoms in total. The highest BCUT2D eigenvalue weighted by atomic mass is 16.7. The number of hydroxylamine groups is 2. The van der Waals surface area contributed by atoms with Crippen molar-refractivity contribution in [1.29, 1.82) is 0 Å². The molecule has 0 radical (unpaired) electrons. The SMILES string of the molecule is O=C(O)[C@H](Cc1ccccc1)N1CCCCCCCCCCCO1. The summed E-state index contributed by atoms with van der Waals surface area (Å²) in [6.07, 6.45) is 11.3. The highest BCUT2D eigenvalue weighted by Gasteiger charge is 2.26. The number of nitrogens with zero attached hydrogens (tertiary/aromatic N) is 1. The Balaban J connectivity index is 1.98. The number of carbonyl (C=O) groups is 1. The summed E-state index contributed by atoms with van der Waals surface area (Å²) in [7, 11) is 0. The number of carboxylic acid groups (broad SMARTS) is 1. The summed E-state index contributed by atoms with van der Waals surface area (Å²) >= 11 is 0. The molecule has 24 heavy (non-hydrogen) atoms. The lowest BCUT2D eigenvalue weighted by Gasteiger charge is -2.28. The van der Waals surface area contributed by atoms with E-state index in [1.54, 1.807) is 5.06 Å². The second kappa shape index (κ2) is 11.2. The number of rotatable bonds is 4. The van der Waals surface area contributed by atoms with Crippen molar-refractivity contribution >= 4 is 5.97 Å². The Kier molecular flexibility index (Phi) is 8.85. The topological polar surface area (TPSA) is 49.8 Å². The predicted molar refractivity (Wildman–Crippen MR) is 95.8 cm³/mol. The third kappa shape index (κ3) is 7.02. The Morgan fingerprint density at radius 1 is 0.958 bits per heavy atom. The van der Waals surface area contributed by atoms with Crippen molar-refractivity contribution < 1.29 is 14.7 Å². The minimum absolute atomic E-state index is 0.482. The van der Waals surface area contributed by atoms with Crippen molar-refractivity contribution in [3.05, 3.63) is 35.9 Å². The van der Waals surface area contributed by atoms with Crippen LogP contribution in [0.25, 0.3) is 0 Å². The first-order valence-corrected chi connectivity index (χ1v) is 9.43. The molecule has 0 aliphatic carbocycles. The van der Waals surface area contributed by atoms with Gasteiger partial charge in [-0.2, -0.15) is 5.06 Å². The van der Waals surface area contributed by atoms with Crippen molar-refractivity contribution in [2.24, 2.45) is 0 Å². The molecule has 1 aromatic carbocycles. The molecule has 0 saturated carbocycles. The average molecular weight is 333 g/mol. The van der Waals surface area contributed by atoms with Gasteiger partial charge in [0.2, 0.25) is 0 Å². The third-order valence-electron chi connectivity index (χ3n) is 4.68. The van der Waals surface area contributed by atoms with Gasteiger partial charge in [-0.15, -0.1) is 0 Å². The van der Waals surface area contributed by atoms with E-state index in [1.807, 2.05) is 30.3 Å². The summed E-state index contributed by atoms with van der Waals surface area (Å²) in [5.74, 6) is -0.803. The normalized spacial score (nSPS) is 20.3. The van der Waals surface area contributed by atoms with Gasteiger partial charge in [0.05, 0.1) is 6.61 Å². The van der Waals surface area contributed by atoms with Crippen LogP contribution in [0.1, 0.15) is 63.4 Å². The lowest BCUT2D eigenvalue weighted by Crippen LogP contribution is -2.43. The molecule has 0 aromatic heterocycles. The summed E-state index contributed by atoms with van der Waals surface area (Å²) in [6.45, 7) is 1.32. The Morgan fingerprint density at radius 2 is 1.54 bits per heavy atom. The van der Waals surface area contributed by atoms with Crippen LogP contribution in [0.3, 0.4) is 0 Å². The molecule has 0 amide bonds. The van der Waals surface area contributed by atoms with Gasteiger partial charge in [-0.1, -0.05) is 75.3 Å². The van der Waals surface area contributed by atoms with E-state index in [1.165, 1.54) is 38.5 Å². The molecule has 2 rings (SSSR count). The van der Waals surface area contributed by atoms with Gasteiger partial charge < -0.3 is 5.11 Å². The smallest absolute Gasteiger partial charge is 0.323 e. The fraction of sp³-hybridized carbons (Fsp3) is 0.650. The van der Waals surface area contributed by atoms with Gasteiger partial charge in [-0.3, -0.25) is 9.63 Å². The van der Waals surface area contributed by atoms with Crippen LogP contribution in [0.15, 0.2) is 30.3 Å². The second-order valence-corrected chi connectivity index (χ2v) is 6.70. The second-order valence-electron chi connectivity index (χ2n) is 6.70. The van der Waals surface area contributed by atoms with Crippen molar-refractivity contribution in [1.82, 2.24) is 5.06 Å². The van der Waals surface area contributed by atoms with Crippen LogP contribution in [-0.2, 0) is 16.1 Å². The lowest BCUT2D eigenvalue weighted by atomic mass is 10.1. The minimum Gasteiger partial charge on any atom is -0.480 e. The Hall–Kier alpha value is -1.39. The highest BCUT2D eigenvalue weighted by molar-refractivity contribution is 5.73. The zero-order valence-corrected chi connectivity index (χ0v) is 14.7. The average Bonchev–Trinajstić information content (AvgIpc) is 2.62. The first-order chi connectivity index (χ1) is 11.8. The maximum Gasteiger partial charge on any atom is 0.323 e. The van der Waals surface area contributed by atoms with Crippen LogP contribution in [-0.4, -0.2) is 35.3 Å². The number of hydrogen-bond acceptors (Lipinski definition) is 3. The quantitative estimate of drug-likeness (QED) is 0.885. The summed E-state index contributed by atoms with van der Waals surface area (Å²) < 4.78 is 0. The fourth-order valence-electron chi connectivity index (χ4n) is 3.25. The van der Waals surface area contributed by atoms with Gasteiger partial charge in [0.1, 0.15) is 6.04 Å². The molecule has 1 heterocycles. The van der Waals surface area contributed by atoms with E-state index in [2.05, 4.69) is 0 Å². The maximum absolute atomic E-state index is 11.8. The molecule has 0 bridgehead atoms. The first kappa shape index (κ1) is 18.9. The summed E-state index contributed by atoms with van der Waals surface area (Å²) in [4.78, 5) is 17.7. The van der Waals surface area contributed by atoms with Gasteiger partial charge >= 0.3 is 5.97 Å². The number of aliphatic carboxylic acids is 1. The van der Waals surface area contributed by atoms with Crippen LogP contribution in [0.4, 0.5) is 0 Å². The zero-order valence-electron chi connectivity index (χ0n) is 14.7. The summed E-state index contributed by atoms with van der Waals surface area (Å²) in [6, 6.07) is 9.21. The fourth-order valence-corrected chi connectivity index (χ4v) is 3.25. The number of carboxylic acids is 1. The van der Waals surface area contributed by atoms with Crippen molar-refractivity contribution in [3.63, 3.8) is 0 Å². The number of hydrogen-bond donors (Lipinski definition) is 1. The molecule has 1 aliphatic rings. The Morgan fingerprint density at radius 3 is 2.17 bits per heavy atom. The largest absolute Gasteiger partial charge is 0.480 e.